The fourth-order valence-electron chi connectivity index (χ4n) is 0.467. The van der Waals surface area contributed by atoms with Gasteiger partial charge in [-0.3, -0.25) is 4.79 Å². The summed E-state index contributed by atoms with van der Waals surface area (Å²) in [5.74, 6) is -0.845. The predicted molar refractivity (Wildman–Crippen MR) is 26.2 cm³/mol. The summed E-state index contributed by atoms with van der Waals surface area (Å²) in [5.41, 5.74) is 0.426. The topological polar surface area (TPSA) is 52.5 Å². The summed E-state index contributed by atoms with van der Waals surface area (Å²) >= 11 is 0. The Balaban J connectivity index is 2.98. The lowest BCUT2D eigenvalue weighted by Gasteiger charge is -2.00. The summed E-state index contributed by atoms with van der Waals surface area (Å²) in [6, 6.07) is 0. The van der Waals surface area contributed by atoms with Crippen LogP contribution in [0.25, 0.3) is 0 Å². The average Bonchev–Trinajstić information content (AvgIpc) is 1.85. The average molecular weight is 110 g/mol. The largest absolute Gasteiger partial charge is 0.858 e. The molecule has 1 aliphatic heterocycles. The highest BCUT2D eigenvalue weighted by Gasteiger charge is 2.02. The van der Waals surface area contributed by atoms with Crippen molar-refractivity contribution in [3.63, 3.8) is 0 Å². The van der Waals surface area contributed by atoms with Gasteiger partial charge in [0.25, 0.3) is 5.91 Å². The van der Waals surface area contributed by atoms with Gasteiger partial charge in [-0.15, -0.1) is 0 Å². The van der Waals surface area contributed by atoms with Gasteiger partial charge in [0.15, 0.2) is 0 Å². The first kappa shape index (κ1) is 5.03. The molecule has 0 fully saturated rings. The van der Waals surface area contributed by atoms with Crippen molar-refractivity contribution in [2.75, 3.05) is 0 Å². The van der Waals surface area contributed by atoms with Gasteiger partial charge < -0.3 is 5.11 Å². The molecule has 0 aromatic rings. The minimum Gasteiger partial charge on any atom is -0.858 e. The van der Waals surface area contributed by atoms with Crippen LogP contribution in [0.2, 0.25) is 0 Å². The van der Waals surface area contributed by atoms with E-state index in [9.17, 15) is 9.90 Å². The number of carbonyl (C=O) groups is 1. The predicted octanol–water partition coefficient (Wildman–Crippen LogP) is -0.768. The molecule has 0 atom stereocenters. The Morgan fingerprint density at radius 1 is 1.75 bits per heavy atom. The van der Waals surface area contributed by atoms with E-state index in [1.54, 1.807) is 6.92 Å². The van der Waals surface area contributed by atoms with Crippen LogP contribution in [0.1, 0.15) is 6.92 Å². The number of nitrogens with zero attached hydrogens (tertiary/aromatic N) is 1. The van der Waals surface area contributed by atoms with Crippen LogP contribution in [0.3, 0.4) is 0 Å². The second-order valence-corrected chi connectivity index (χ2v) is 1.58. The van der Waals surface area contributed by atoms with Crippen LogP contribution >= 0.6 is 0 Å². The van der Waals surface area contributed by atoms with E-state index in [-0.39, 0.29) is 0 Å². The molecular formula is C5H4NO2-. The highest BCUT2D eigenvalue weighted by molar-refractivity contribution is 6.10. The van der Waals surface area contributed by atoms with Gasteiger partial charge in [-0.2, -0.15) is 0 Å². The molecule has 1 aliphatic rings. The van der Waals surface area contributed by atoms with Gasteiger partial charge in [0.05, 0.1) is 0 Å². The van der Waals surface area contributed by atoms with E-state index in [4.69, 9.17) is 0 Å². The number of carbonyl (C=O) groups excluding carboxylic acids is 1. The number of rotatable bonds is 0. The van der Waals surface area contributed by atoms with Crippen molar-refractivity contribution in [2.24, 2.45) is 4.99 Å². The van der Waals surface area contributed by atoms with E-state index >= 15 is 0 Å². The Bertz CT molecular complexity index is 171. The fourth-order valence-corrected chi connectivity index (χ4v) is 0.467. The van der Waals surface area contributed by atoms with Crippen molar-refractivity contribution < 1.29 is 9.90 Å². The first-order chi connectivity index (χ1) is 3.70. The summed E-state index contributed by atoms with van der Waals surface area (Å²) < 4.78 is 0. The minimum absolute atomic E-state index is 0.407. The normalized spacial score (nSPS) is 18.4. The zero-order chi connectivity index (χ0) is 6.15. The number of hydrogen-bond donors (Lipinski definition) is 0. The van der Waals surface area contributed by atoms with Gasteiger partial charge in [-0.25, -0.2) is 4.99 Å². The highest BCUT2D eigenvalue weighted by atomic mass is 16.3. The number of hydrogen-bond acceptors (Lipinski definition) is 2. The molecule has 0 spiro atoms. The SMILES string of the molecule is CC1=CC(=O)N=C1[O-]. The molecule has 0 aliphatic carbocycles. The summed E-state index contributed by atoms with van der Waals surface area (Å²) in [6.07, 6.45) is 1.22. The van der Waals surface area contributed by atoms with Gasteiger partial charge >= 0.3 is 0 Å². The van der Waals surface area contributed by atoms with Crippen LogP contribution in [0.5, 0.6) is 0 Å². The Hall–Kier alpha value is -1.12. The van der Waals surface area contributed by atoms with Crippen molar-refractivity contribution in [3.8, 4) is 0 Å². The van der Waals surface area contributed by atoms with Gasteiger partial charge in [0.2, 0.25) is 0 Å². The summed E-state index contributed by atoms with van der Waals surface area (Å²) in [7, 11) is 0. The van der Waals surface area contributed by atoms with Crippen LogP contribution in [0.15, 0.2) is 16.6 Å². The quantitative estimate of drug-likeness (QED) is 0.411. The smallest absolute Gasteiger partial charge is 0.269 e. The molecule has 42 valence electrons. The number of amides is 1. The molecule has 0 radical (unpaired) electrons. The molecule has 0 aromatic heterocycles. The van der Waals surface area contributed by atoms with Crippen molar-refractivity contribution in [1.29, 1.82) is 0 Å². The maximum absolute atomic E-state index is 10.3. The Morgan fingerprint density at radius 3 is 2.50 bits per heavy atom. The zero-order valence-corrected chi connectivity index (χ0v) is 4.34. The third kappa shape index (κ3) is 0.621. The third-order valence-corrected chi connectivity index (χ3v) is 0.889. The van der Waals surface area contributed by atoms with E-state index in [0.29, 0.717) is 5.57 Å². The second kappa shape index (κ2) is 1.43. The minimum atomic E-state index is -0.437. The van der Waals surface area contributed by atoms with Gasteiger partial charge in [-0.1, -0.05) is 0 Å². The summed E-state index contributed by atoms with van der Waals surface area (Å²) in [4.78, 5) is 13.3. The first-order valence-electron chi connectivity index (χ1n) is 2.18. The van der Waals surface area contributed by atoms with Gasteiger partial charge in [0.1, 0.15) is 0 Å². The summed E-state index contributed by atoms with van der Waals surface area (Å²) in [5, 5.41) is 10.3. The molecule has 0 saturated heterocycles. The molecule has 0 bridgehead atoms. The van der Waals surface area contributed by atoms with Crippen LogP contribution in [-0.2, 0) is 4.79 Å². The molecular weight excluding hydrogens is 106 g/mol. The lowest BCUT2D eigenvalue weighted by Crippen LogP contribution is -2.15. The fraction of sp³-hybridized carbons (Fsp3) is 0.200. The van der Waals surface area contributed by atoms with Crippen LogP contribution in [0.4, 0.5) is 0 Å². The maximum atomic E-state index is 10.3. The Labute approximate surface area is 46.4 Å². The standard InChI is InChI=1S/C5H5NO2/c1-3-2-4(7)6-5(3)8/h2H,1H3,(H,6,7,8)/p-1. The van der Waals surface area contributed by atoms with Crippen molar-refractivity contribution >= 4 is 11.8 Å². The Kier molecular flexibility index (Phi) is 0.901. The third-order valence-electron chi connectivity index (χ3n) is 0.889. The van der Waals surface area contributed by atoms with Crippen LogP contribution in [-0.4, -0.2) is 11.8 Å². The molecule has 1 amide bonds. The van der Waals surface area contributed by atoms with Gasteiger partial charge in [-0.05, 0) is 18.4 Å². The van der Waals surface area contributed by atoms with E-state index in [0.717, 1.165) is 0 Å². The highest BCUT2D eigenvalue weighted by Crippen LogP contribution is 2.00. The molecule has 0 aromatic carbocycles. The molecule has 0 N–H and O–H groups in total. The van der Waals surface area contributed by atoms with E-state index < -0.39 is 11.8 Å². The zero-order valence-electron chi connectivity index (χ0n) is 4.34. The molecule has 3 heteroatoms. The molecule has 8 heavy (non-hydrogen) atoms. The van der Waals surface area contributed by atoms with Crippen molar-refractivity contribution in [1.82, 2.24) is 0 Å². The second-order valence-electron chi connectivity index (χ2n) is 1.58. The molecule has 0 saturated carbocycles. The monoisotopic (exact) mass is 110 g/mol. The van der Waals surface area contributed by atoms with Crippen LogP contribution < -0.4 is 5.11 Å². The van der Waals surface area contributed by atoms with Crippen molar-refractivity contribution in [2.45, 2.75) is 6.92 Å². The summed E-state index contributed by atoms with van der Waals surface area (Å²) in [6.45, 7) is 1.57. The lowest BCUT2D eigenvalue weighted by molar-refractivity contribution is -0.212. The van der Waals surface area contributed by atoms with Gasteiger partial charge in [0, 0.05) is 6.08 Å². The van der Waals surface area contributed by atoms with E-state index in [2.05, 4.69) is 4.99 Å². The maximum Gasteiger partial charge on any atom is 0.269 e. The Morgan fingerprint density at radius 2 is 2.38 bits per heavy atom. The van der Waals surface area contributed by atoms with E-state index in [1.807, 2.05) is 0 Å². The van der Waals surface area contributed by atoms with Crippen LogP contribution in [0, 0.1) is 0 Å². The number of aliphatic imine (C=N–C) groups is 1. The molecule has 3 nitrogen and oxygen atoms in total. The molecule has 1 rings (SSSR count). The van der Waals surface area contributed by atoms with Crippen molar-refractivity contribution in [3.05, 3.63) is 11.6 Å². The molecule has 0 unspecified atom stereocenters. The van der Waals surface area contributed by atoms with E-state index in [1.165, 1.54) is 6.08 Å². The first-order valence-corrected chi connectivity index (χ1v) is 2.18. The lowest BCUT2D eigenvalue weighted by atomic mass is 10.3. The molecule has 1 heterocycles.